The number of carbonyl (C=O) groups excluding carboxylic acids is 1. The molecule has 3 aromatic carbocycles. The van der Waals surface area contributed by atoms with E-state index in [0.717, 1.165) is 26.7 Å². The van der Waals surface area contributed by atoms with Gasteiger partial charge in [0.15, 0.2) is 11.5 Å². The van der Waals surface area contributed by atoms with E-state index in [1.54, 1.807) is 24.3 Å². The Morgan fingerprint density at radius 2 is 1.58 bits per heavy atom. The zero-order valence-electron chi connectivity index (χ0n) is 21.2. The number of amides is 1. The van der Waals surface area contributed by atoms with Crippen molar-refractivity contribution in [2.75, 3.05) is 38.2 Å². The van der Waals surface area contributed by atoms with Crippen molar-refractivity contribution in [3.63, 3.8) is 0 Å². The molecule has 0 fully saturated rings. The molecule has 9 heteroatoms. The fourth-order valence-electron chi connectivity index (χ4n) is 3.55. The Kier molecular flexibility index (Phi) is 8.82. The van der Waals surface area contributed by atoms with Gasteiger partial charge in [0, 0.05) is 6.07 Å². The summed E-state index contributed by atoms with van der Waals surface area (Å²) in [5.74, 6) is 1.08. The zero-order chi connectivity index (χ0) is 26.3. The highest BCUT2D eigenvalue weighted by Crippen LogP contribution is 2.33. The summed E-state index contributed by atoms with van der Waals surface area (Å²) in [6, 6.07) is 17.0. The molecular weight excluding hydrogens is 480 g/mol. The van der Waals surface area contributed by atoms with E-state index < -0.39 is 22.5 Å². The van der Waals surface area contributed by atoms with Crippen LogP contribution in [0.4, 0.5) is 5.69 Å². The van der Waals surface area contributed by atoms with Crippen LogP contribution in [0.5, 0.6) is 17.2 Å². The molecule has 0 aliphatic carbocycles. The molecule has 0 aromatic heterocycles. The van der Waals surface area contributed by atoms with Gasteiger partial charge in [-0.1, -0.05) is 29.8 Å². The Morgan fingerprint density at radius 1 is 0.889 bits per heavy atom. The van der Waals surface area contributed by atoms with Crippen molar-refractivity contribution in [1.29, 1.82) is 0 Å². The molecule has 0 bridgehead atoms. The molecule has 1 N–H and O–H groups in total. The van der Waals surface area contributed by atoms with Crippen LogP contribution in [0.25, 0.3) is 0 Å². The summed E-state index contributed by atoms with van der Waals surface area (Å²) in [5, 5.41) is 2.75. The Labute approximate surface area is 212 Å². The third-order valence-corrected chi connectivity index (χ3v) is 7.58. The Morgan fingerprint density at radius 3 is 2.25 bits per heavy atom. The number of hydrogen-bond donors (Lipinski definition) is 1. The molecule has 0 saturated heterocycles. The van der Waals surface area contributed by atoms with Crippen LogP contribution in [0.3, 0.4) is 0 Å². The van der Waals surface area contributed by atoms with Gasteiger partial charge in [0.05, 0.1) is 31.3 Å². The SMILES string of the molecule is COc1ccc(N(CC(=O)NCCOc2cccc(C)c2C)S(=O)(=O)c2ccc(C)cc2)cc1OC. The van der Waals surface area contributed by atoms with E-state index in [2.05, 4.69) is 5.32 Å². The maximum atomic E-state index is 13.6. The van der Waals surface area contributed by atoms with Crippen LogP contribution in [0.2, 0.25) is 0 Å². The molecule has 8 nitrogen and oxygen atoms in total. The van der Waals surface area contributed by atoms with E-state index in [4.69, 9.17) is 14.2 Å². The summed E-state index contributed by atoms with van der Waals surface area (Å²) in [5.41, 5.74) is 3.35. The molecule has 1 amide bonds. The Hall–Kier alpha value is -3.72. The highest BCUT2D eigenvalue weighted by Gasteiger charge is 2.28. The van der Waals surface area contributed by atoms with E-state index in [1.165, 1.54) is 32.4 Å². The molecule has 0 spiro atoms. The summed E-state index contributed by atoms with van der Waals surface area (Å²) in [6.45, 7) is 5.89. The lowest BCUT2D eigenvalue weighted by Crippen LogP contribution is -2.42. The second-order valence-corrected chi connectivity index (χ2v) is 10.1. The first-order valence-electron chi connectivity index (χ1n) is 11.4. The molecule has 0 aliphatic rings. The van der Waals surface area contributed by atoms with Gasteiger partial charge in [0.25, 0.3) is 10.0 Å². The lowest BCUT2D eigenvalue weighted by atomic mass is 10.1. The summed E-state index contributed by atoms with van der Waals surface area (Å²) in [7, 11) is -1.10. The fraction of sp³-hybridized carbons (Fsp3) is 0.296. The van der Waals surface area contributed by atoms with Gasteiger partial charge >= 0.3 is 0 Å². The molecule has 0 atom stereocenters. The van der Waals surface area contributed by atoms with Crippen molar-refractivity contribution in [2.45, 2.75) is 25.7 Å². The summed E-state index contributed by atoms with van der Waals surface area (Å²) < 4.78 is 44.6. The number of rotatable bonds is 11. The molecular formula is C27H32N2O6S. The maximum absolute atomic E-state index is 13.6. The predicted molar refractivity (Wildman–Crippen MR) is 140 cm³/mol. The maximum Gasteiger partial charge on any atom is 0.264 e. The quantitative estimate of drug-likeness (QED) is 0.390. The molecule has 0 radical (unpaired) electrons. The molecule has 0 heterocycles. The highest BCUT2D eigenvalue weighted by molar-refractivity contribution is 7.92. The van der Waals surface area contributed by atoms with E-state index in [9.17, 15) is 13.2 Å². The number of benzene rings is 3. The lowest BCUT2D eigenvalue weighted by Gasteiger charge is -2.25. The normalized spacial score (nSPS) is 11.0. The molecule has 0 saturated carbocycles. The third-order valence-electron chi connectivity index (χ3n) is 5.79. The number of hydrogen-bond acceptors (Lipinski definition) is 6. The van der Waals surface area contributed by atoms with E-state index in [0.29, 0.717) is 11.5 Å². The van der Waals surface area contributed by atoms with Crippen molar-refractivity contribution in [2.24, 2.45) is 0 Å². The molecule has 3 rings (SSSR count). The Balaban J connectivity index is 1.79. The predicted octanol–water partition coefficient (Wildman–Crippen LogP) is 4.02. The van der Waals surface area contributed by atoms with Crippen LogP contribution in [0, 0.1) is 20.8 Å². The van der Waals surface area contributed by atoms with Crippen molar-refractivity contribution in [3.8, 4) is 17.2 Å². The van der Waals surface area contributed by atoms with Crippen LogP contribution >= 0.6 is 0 Å². The fourth-order valence-corrected chi connectivity index (χ4v) is 4.96. The molecule has 192 valence electrons. The minimum Gasteiger partial charge on any atom is -0.493 e. The van der Waals surface area contributed by atoms with Crippen LogP contribution in [-0.4, -0.2) is 48.2 Å². The summed E-state index contributed by atoms with van der Waals surface area (Å²) >= 11 is 0. The van der Waals surface area contributed by atoms with Crippen LogP contribution in [0.1, 0.15) is 16.7 Å². The monoisotopic (exact) mass is 512 g/mol. The van der Waals surface area contributed by atoms with Crippen molar-refractivity contribution >= 4 is 21.6 Å². The van der Waals surface area contributed by atoms with Gasteiger partial charge in [-0.25, -0.2) is 8.42 Å². The van der Waals surface area contributed by atoms with Gasteiger partial charge < -0.3 is 19.5 Å². The average molecular weight is 513 g/mol. The first kappa shape index (κ1) is 26.9. The minimum atomic E-state index is -4.05. The van der Waals surface area contributed by atoms with Gasteiger partial charge in [-0.2, -0.15) is 0 Å². The minimum absolute atomic E-state index is 0.0777. The van der Waals surface area contributed by atoms with Gasteiger partial charge in [-0.15, -0.1) is 0 Å². The van der Waals surface area contributed by atoms with E-state index >= 15 is 0 Å². The Bertz CT molecular complexity index is 1310. The first-order chi connectivity index (χ1) is 17.2. The second-order valence-electron chi connectivity index (χ2n) is 8.26. The van der Waals surface area contributed by atoms with Crippen molar-refractivity contribution < 1.29 is 27.4 Å². The highest BCUT2D eigenvalue weighted by atomic mass is 32.2. The second kappa shape index (κ2) is 11.8. The molecule has 3 aromatic rings. The largest absolute Gasteiger partial charge is 0.493 e. The topological polar surface area (TPSA) is 94.2 Å². The zero-order valence-corrected chi connectivity index (χ0v) is 22.0. The number of nitrogens with one attached hydrogen (secondary N) is 1. The number of aryl methyl sites for hydroxylation is 2. The van der Waals surface area contributed by atoms with Gasteiger partial charge in [-0.3, -0.25) is 9.10 Å². The van der Waals surface area contributed by atoms with Crippen molar-refractivity contribution in [1.82, 2.24) is 5.32 Å². The smallest absolute Gasteiger partial charge is 0.264 e. The number of nitrogens with zero attached hydrogens (tertiary/aromatic N) is 1. The van der Waals surface area contributed by atoms with E-state index in [-0.39, 0.29) is 23.7 Å². The van der Waals surface area contributed by atoms with Gasteiger partial charge in [0.1, 0.15) is 18.9 Å². The van der Waals surface area contributed by atoms with Gasteiger partial charge in [0.2, 0.25) is 5.91 Å². The summed E-state index contributed by atoms with van der Waals surface area (Å²) in [6.07, 6.45) is 0. The first-order valence-corrected chi connectivity index (χ1v) is 12.9. The number of sulfonamides is 1. The van der Waals surface area contributed by atoms with Gasteiger partial charge in [-0.05, 0) is 62.2 Å². The molecule has 0 aliphatic heterocycles. The average Bonchev–Trinajstić information content (AvgIpc) is 2.87. The molecule has 0 unspecified atom stereocenters. The van der Waals surface area contributed by atoms with Crippen LogP contribution in [-0.2, 0) is 14.8 Å². The number of ether oxygens (including phenoxy) is 3. The third kappa shape index (κ3) is 6.28. The lowest BCUT2D eigenvalue weighted by molar-refractivity contribution is -0.119. The standard InChI is InChI=1S/C27H32N2O6S/c1-19-9-12-23(13-10-19)36(31,32)29(22-11-14-25(33-4)26(17-22)34-5)18-27(30)28-15-16-35-24-8-6-7-20(2)21(24)3/h6-14,17H,15-16,18H2,1-5H3,(H,28,30). The van der Waals surface area contributed by atoms with E-state index in [1.807, 2.05) is 39.0 Å². The number of methoxy groups -OCH3 is 2. The van der Waals surface area contributed by atoms with Crippen molar-refractivity contribution in [3.05, 3.63) is 77.4 Å². The van der Waals surface area contributed by atoms with Crippen LogP contribution in [0.15, 0.2) is 65.6 Å². The molecule has 36 heavy (non-hydrogen) atoms. The number of anilines is 1. The van der Waals surface area contributed by atoms with Crippen LogP contribution < -0.4 is 23.8 Å². The number of carbonyl (C=O) groups is 1. The summed E-state index contributed by atoms with van der Waals surface area (Å²) in [4.78, 5) is 12.9.